The minimum atomic E-state index is 0.555. The molecule has 3 rings (SSSR count). The molecular weight excluding hydrogens is 232 g/mol. The fraction of sp³-hybridized carbons (Fsp3) is 0.643. The molecule has 0 radical (unpaired) electrons. The lowest BCUT2D eigenvalue weighted by Gasteiger charge is -2.20. The predicted molar refractivity (Wildman–Crippen MR) is 71.6 cm³/mol. The van der Waals surface area contributed by atoms with Gasteiger partial charge in [0.15, 0.2) is 0 Å². The summed E-state index contributed by atoms with van der Waals surface area (Å²) in [5, 5.41) is 0. The molecule has 0 bridgehead atoms. The number of anilines is 1. The van der Waals surface area contributed by atoms with Gasteiger partial charge >= 0.3 is 0 Å². The van der Waals surface area contributed by atoms with E-state index in [1.165, 1.54) is 43.7 Å². The topological polar surface area (TPSA) is 16.1 Å². The van der Waals surface area contributed by atoms with Gasteiger partial charge < -0.3 is 4.90 Å². The number of pyridine rings is 1. The Morgan fingerprint density at radius 2 is 2.06 bits per heavy atom. The molecule has 92 valence electrons. The number of alkyl halides is 1. The molecule has 1 aromatic rings. The number of rotatable bonds is 2. The van der Waals surface area contributed by atoms with Gasteiger partial charge in [-0.25, -0.2) is 4.98 Å². The fourth-order valence-corrected chi connectivity index (χ4v) is 3.58. The summed E-state index contributed by atoms with van der Waals surface area (Å²) in [5.74, 6) is 3.57. The van der Waals surface area contributed by atoms with Crippen LogP contribution in [0.5, 0.6) is 0 Å². The van der Waals surface area contributed by atoms with Crippen LogP contribution < -0.4 is 4.90 Å². The first-order valence-corrected chi connectivity index (χ1v) is 7.08. The third-order valence-electron chi connectivity index (χ3n) is 4.29. The van der Waals surface area contributed by atoms with E-state index in [0.717, 1.165) is 17.4 Å². The van der Waals surface area contributed by atoms with Crippen molar-refractivity contribution in [3.8, 4) is 0 Å². The molecule has 1 saturated heterocycles. The third kappa shape index (κ3) is 2.03. The van der Waals surface area contributed by atoms with Crippen molar-refractivity contribution in [1.82, 2.24) is 4.98 Å². The maximum absolute atomic E-state index is 5.84. The molecule has 0 spiro atoms. The molecule has 2 heterocycles. The molecule has 0 aromatic carbocycles. The predicted octanol–water partition coefficient (Wildman–Crippen LogP) is 3.37. The Morgan fingerprint density at radius 3 is 2.65 bits per heavy atom. The van der Waals surface area contributed by atoms with E-state index < -0.39 is 0 Å². The molecule has 1 aliphatic carbocycles. The van der Waals surface area contributed by atoms with E-state index in [-0.39, 0.29) is 0 Å². The van der Waals surface area contributed by atoms with Crippen LogP contribution in [0.15, 0.2) is 12.3 Å². The van der Waals surface area contributed by atoms with Crippen molar-refractivity contribution in [2.24, 2.45) is 11.8 Å². The monoisotopic (exact) mass is 250 g/mol. The summed E-state index contributed by atoms with van der Waals surface area (Å²) >= 11 is 5.84. The maximum atomic E-state index is 5.84. The average Bonchev–Trinajstić information content (AvgIpc) is 2.89. The van der Waals surface area contributed by atoms with Gasteiger partial charge in [-0.1, -0.05) is 6.42 Å². The Kier molecular flexibility index (Phi) is 2.99. The van der Waals surface area contributed by atoms with Crippen molar-refractivity contribution in [3.05, 3.63) is 23.4 Å². The van der Waals surface area contributed by atoms with Crippen LogP contribution in [-0.2, 0) is 5.88 Å². The number of aryl methyl sites for hydroxylation is 1. The van der Waals surface area contributed by atoms with E-state index in [4.69, 9.17) is 11.6 Å². The molecule has 2 fully saturated rings. The van der Waals surface area contributed by atoms with Gasteiger partial charge in [0.25, 0.3) is 0 Å². The minimum absolute atomic E-state index is 0.555. The zero-order chi connectivity index (χ0) is 11.8. The summed E-state index contributed by atoms with van der Waals surface area (Å²) in [5.41, 5.74) is 2.38. The molecule has 1 saturated carbocycles. The molecule has 2 unspecified atom stereocenters. The van der Waals surface area contributed by atoms with Gasteiger partial charge in [-0.05, 0) is 48.8 Å². The van der Waals surface area contributed by atoms with Gasteiger partial charge in [-0.3, -0.25) is 0 Å². The van der Waals surface area contributed by atoms with Crippen LogP contribution in [0.2, 0.25) is 0 Å². The van der Waals surface area contributed by atoms with Crippen molar-refractivity contribution in [3.63, 3.8) is 0 Å². The van der Waals surface area contributed by atoms with Crippen LogP contribution in [0, 0.1) is 18.8 Å². The Balaban J connectivity index is 1.81. The number of nitrogens with zero attached hydrogens (tertiary/aromatic N) is 2. The number of hydrogen-bond donors (Lipinski definition) is 0. The summed E-state index contributed by atoms with van der Waals surface area (Å²) in [4.78, 5) is 7.07. The molecule has 0 N–H and O–H groups in total. The second-order valence-corrected chi connectivity index (χ2v) is 5.74. The first kappa shape index (κ1) is 11.3. The van der Waals surface area contributed by atoms with Gasteiger partial charge in [0.1, 0.15) is 5.82 Å². The quantitative estimate of drug-likeness (QED) is 0.749. The molecule has 2 atom stereocenters. The van der Waals surface area contributed by atoms with E-state index in [0.29, 0.717) is 5.88 Å². The van der Waals surface area contributed by atoms with Gasteiger partial charge in [0.05, 0.1) is 0 Å². The highest BCUT2D eigenvalue weighted by atomic mass is 35.5. The zero-order valence-electron chi connectivity index (χ0n) is 10.3. The van der Waals surface area contributed by atoms with Crippen LogP contribution in [0.3, 0.4) is 0 Å². The van der Waals surface area contributed by atoms with E-state index in [9.17, 15) is 0 Å². The van der Waals surface area contributed by atoms with E-state index >= 15 is 0 Å². The molecule has 1 aliphatic heterocycles. The molecule has 3 heteroatoms. The van der Waals surface area contributed by atoms with E-state index in [2.05, 4.69) is 22.9 Å². The number of aromatic nitrogens is 1. The molecule has 0 amide bonds. The average molecular weight is 251 g/mol. The Labute approximate surface area is 108 Å². The van der Waals surface area contributed by atoms with Gasteiger partial charge in [0, 0.05) is 25.2 Å². The first-order chi connectivity index (χ1) is 8.28. The van der Waals surface area contributed by atoms with Crippen molar-refractivity contribution in [1.29, 1.82) is 0 Å². The van der Waals surface area contributed by atoms with Crippen molar-refractivity contribution < 1.29 is 0 Å². The van der Waals surface area contributed by atoms with E-state index in [1.54, 1.807) is 0 Å². The molecule has 17 heavy (non-hydrogen) atoms. The highest BCUT2D eigenvalue weighted by molar-refractivity contribution is 6.17. The standard InChI is InChI=1S/C14H19ClN2/c1-10-5-11(6-15)7-16-14(10)17-8-12-3-2-4-13(12)9-17/h5,7,12-13H,2-4,6,8-9H2,1H3. The fourth-order valence-electron chi connectivity index (χ4n) is 3.44. The highest BCUT2D eigenvalue weighted by Gasteiger charge is 2.36. The Bertz CT molecular complexity index is 407. The minimum Gasteiger partial charge on any atom is -0.356 e. The zero-order valence-corrected chi connectivity index (χ0v) is 11.1. The van der Waals surface area contributed by atoms with Crippen LogP contribution in [0.4, 0.5) is 5.82 Å². The normalized spacial score (nSPS) is 27.5. The maximum Gasteiger partial charge on any atom is 0.131 e. The summed E-state index contributed by atoms with van der Waals surface area (Å²) in [6.07, 6.45) is 6.18. The van der Waals surface area contributed by atoms with Crippen LogP contribution >= 0.6 is 11.6 Å². The van der Waals surface area contributed by atoms with E-state index in [1.807, 2.05) is 6.20 Å². The van der Waals surface area contributed by atoms with Gasteiger partial charge in [-0.2, -0.15) is 0 Å². The Morgan fingerprint density at radius 1 is 1.35 bits per heavy atom. The number of hydrogen-bond acceptors (Lipinski definition) is 2. The second-order valence-electron chi connectivity index (χ2n) is 5.47. The highest BCUT2D eigenvalue weighted by Crippen LogP contribution is 2.39. The van der Waals surface area contributed by atoms with Gasteiger partial charge in [-0.15, -0.1) is 11.6 Å². The third-order valence-corrected chi connectivity index (χ3v) is 4.60. The molecular formula is C14H19ClN2. The largest absolute Gasteiger partial charge is 0.356 e. The van der Waals surface area contributed by atoms with Crippen molar-refractivity contribution in [2.75, 3.05) is 18.0 Å². The molecule has 2 nitrogen and oxygen atoms in total. The molecule has 1 aromatic heterocycles. The SMILES string of the molecule is Cc1cc(CCl)cnc1N1CC2CCCC2C1. The van der Waals surface area contributed by atoms with Crippen molar-refractivity contribution >= 4 is 17.4 Å². The summed E-state index contributed by atoms with van der Waals surface area (Å²) in [6, 6.07) is 2.17. The van der Waals surface area contributed by atoms with Crippen LogP contribution in [-0.4, -0.2) is 18.1 Å². The van der Waals surface area contributed by atoms with Crippen LogP contribution in [0.25, 0.3) is 0 Å². The van der Waals surface area contributed by atoms with Crippen molar-refractivity contribution in [2.45, 2.75) is 32.1 Å². The first-order valence-electron chi connectivity index (χ1n) is 6.54. The van der Waals surface area contributed by atoms with Crippen LogP contribution in [0.1, 0.15) is 30.4 Å². The lowest BCUT2D eigenvalue weighted by molar-refractivity contribution is 0.494. The lowest BCUT2D eigenvalue weighted by Crippen LogP contribution is -2.22. The Hall–Kier alpha value is -0.760. The summed E-state index contributed by atoms with van der Waals surface area (Å²) in [6.45, 7) is 4.56. The number of halogens is 1. The summed E-state index contributed by atoms with van der Waals surface area (Å²) < 4.78 is 0. The van der Waals surface area contributed by atoms with Gasteiger partial charge in [0.2, 0.25) is 0 Å². The molecule has 2 aliphatic rings. The lowest BCUT2D eigenvalue weighted by atomic mass is 10.0. The smallest absolute Gasteiger partial charge is 0.131 e. The second kappa shape index (κ2) is 4.49. The number of fused-ring (bicyclic) bond motifs is 1. The summed E-state index contributed by atoms with van der Waals surface area (Å²) in [7, 11) is 0.